The molecule has 1 aromatic heterocycles. The fourth-order valence-corrected chi connectivity index (χ4v) is 3.46. The van der Waals surface area contributed by atoms with E-state index < -0.39 is 0 Å². The number of aromatic nitrogens is 1. The van der Waals surface area contributed by atoms with Crippen molar-refractivity contribution in [2.24, 2.45) is 0 Å². The van der Waals surface area contributed by atoms with E-state index in [0.29, 0.717) is 0 Å². The molecule has 0 bridgehead atoms. The minimum Gasteiger partial charge on any atom is -0.361 e. The van der Waals surface area contributed by atoms with Crippen molar-refractivity contribution in [2.45, 2.75) is 19.8 Å². The van der Waals surface area contributed by atoms with E-state index in [9.17, 15) is 0 Å². The van der Waals surface area contributed by atoms with Gasteiger partial charge in [0, 0.05) is 11.9 Å². The summed E-state index contributed by atoms with van der Waals surface area (Å²) in [5, 5.41) is 0. The molecule has 4 rings (SSSR count). The maximum absolute atomic E-state index is 3.25. The van der Waals surface area contributed by atoms with Gasteiger partial charge in [0.05, 0.1) is 0 Å². The van der Waals surface area contributed by atoms with Crippen molar-refractivity contribution >= 4 is 5.57 Å². The van der Waals surface area contributed by atoms with Crippen molar-refractivity contribution in [3.05, 3.63) is 114 Å². The predicted octanol–water partition coefficient (Wildman–Crippen LogP) is 7.58. The van der Waals surface area contributed by atoms with E-state index in [1.54, 1.807) is 0 Å². The topological polar surface area (TPSA) is 15.8 Å². The summed E-state index contributed by atoms with van der Waals surface area (Å²) in [5.74, 6) is 0. The van der Waals surface area contributed by atoms with Gasteiger partial charge in [0.2, 0.25) is 0 Å². The monoisotopic (exact) mass is 363 g/mol. The Kier molecular flexibility index (Phi) is 5.53. The van der Waals surface area contributed by atoms with E-state index in [2.05, 4.69) is 103 Å². The first-order valence-electron chi connectivity index (χ1n) is 9.83. The summed E-state index contributed by atoms with van der Waals surface area (Å²) in [7, 11) is 0. The molecule has 0 unspecified atom stereocenters. The van der Waals surface area contributed by atoms with Crippen molar-refractivity contribution in [3.63, 3.8) is 0 Å². The van der Waals surface area contributed by atoms with E-state index in [1.165, 1.54) is 33.4 Å². The van der Waals surface area contributed by atoms with Crippen LogP contribution in [0.2, 0.25) is 0 Å². The lowest BCUT2D eigenvalue weighted by Gasteiger charge is -2.07. The highest BCUT2D eigenvalue weighted by atomic mass is 14.7. The molecule has 1 nitrogen and oxygen atoms in total. The first-order valence-corrected chi connectivity index (χ1v) is 9.83. The smallest absolute Gasteiger partial charge is 0.0453 e. The van der Waals surface area contributed by atoms with Gasteiger partial charge in [0.15, 0.2) is 0 Å². The zero-order valence-corrected chi connectivity index (χ0v) is 16.2. The summed E-state index contributed by atoms with van der Waals surface area (Å²) < 4.78 is 0. The molecule has 1 aliphatic carbocycles. The Balaban J connectivity index is 1.43. The molecule has 0 saturated carbocycles. The Labute approximate surface area is 167 Å². The van der Waals surface area contributed by atoms with Gasteiger partial charge >= 0.3 is 0 Å². The molecular weight excluding hydrogens is 338 g/mol. The SMILES string of the molecule is C/C(=C\CC=C1C=CC=CC1)c1ccc(-c2ccc(-c3ccc[nH]3)cc2)cc1. The van der Waals surface area contributed by atoms with Crippen molar-refractivity contribution in [2.75, 3.05) is 0 Å². The quantitative estimate of drug-likeness (QED) is 0.481. The van der Waals surface area contributed by atoms with Gasteiger partial charge in [-0.05, 0) is 65.3 Å². The van der Waals surface area contributed by atoms with Crippen LogP contribution in [0.4, 0.5) is 0 Å². The van der Waals surface area contributed by atoms with E-state index in [4.69, 9.17) is 0 Å². The van der Waals surface area contributed by atoms with Gasteiger partial charge < -0.3 is 4.98 Å². The maximum atomic E-state index is 3.25. The highest BCUT2D eigenvalue weighted by Crippen LogP contribution is 2.26. The van der Waals surface area contributed by atoms with Crippen LogP contribution in [-0.2, 0) is 0 Å². The molecule has 28 heavy (non-hydrogen) atoms. The van der Waals surface area contributed by atoms with Gasteiger partial charge in [-0.1, -0.05) is 85.0 Å². The molecule has 0 fully saturated rings. The van der Waals surface area contributed by atoms with Gasteiger partial charge in [-0.15, -0.1) is 0 Å². The Bertz CT molecular complexity index is 1020. The molecule has 1 heteroatoms. The van der Waals surface area contributed by atoms with E-state index >= 15 is 0 Å². The molecule has 3 aromatic rings. The summed E-state index contributed by atoms with van der Waals surface area (Å²) in [4.78, 5) is 3.25. The first-order chi connectivity index (χ1) is 13.8. The highest BCUT2D eigenvalue weighted by Gasteiger charge is 2.02. The number of hydrogen-bond acceptors (Lipinski definition) is 0. The van der Waals surface area contributed by atoms with Crippen LogP contribution in [-0.4, -0.2) is 4.98 Å². The largest absolute Gasteiger partial charge is 0.361 e. The van der Waals surface area contributed by atoms with Gasteiger partial charge in [-0.2, -0.15) is 0 Å². The summed E-state index contributed by atoms with van der Waals surface area (Å²) >= 11 is 0. The molecule has 0 atom stereocenters. The standard InChI is InChI=1S/C27H25N/c1-21(7-5-10-22-8-3-2-4-9-22)23-12-14-24(15-13-23)25-16-18-26(19-17-25)27-11-6-20-28-27/h2-4,6-8,10-20,28H,5,9H2,1H3/b21-7+,22-10?. The lowest BCUT2D eigenvalue weighted by molar-refractivity contribution is 1.21. The van der Waals surface area contributed by atoms with E-state index in [1.807, 2.05) is 12.3 Å². The summed E-state index contributed by atoms with van der Waals surface area (Å²) in [6, 6.07) is 21.7. The third-order valence-electron chi connectivity index (χ3n) is 5.18. The third kappa shape index (κ3) is 4.32. The molecule has 1 heterocycles. The number of hydrogen-bond donors (Lipinski definition) is 1. The minimum atomic E-state index is 0.974. The molecule has 138 valence electrons. The molecule has 0 radical (unpaired) electrons. The van der Waals surface area contributed by atoms with Gasteiger partial charge in [0.1, 0.15) is 0 Å². The van der Waals surface area contributed by atoms with Crippen LogP contribution in [0.1, 0.15) is 25.3 Å². The summed E-state index contributed by atoms with van der Waals surface area (Å²) in [6.45, 7) is 2.19. The lowest BCUT2D eigenvalue weighted by atomic mass is 9.99. The second-order valence-corrected chi connectivity index (χ2v) is 7.13. The Hall–Kier alpha value is -3.32. The molecule has 0 spiro atoms. The van der Waals surface area contributed by atoms with E-state index in [0.717, 1.165) is 18.5 Å². The van der Waals surface area contributed by atoms with Crippen molar-refractivity contribution in [1.29, 1.82) is 0 Å². The van der Waals surface area contributed by atoms with Crippen molar-refractivity contribution < 1.29 is 0 Å². The summed E-state index contributed by atoms with van der Waals surface area (Å²) in [6.07, 6.45) is 17.2. The third-order valence-corrected chi connectivity index (χ3v) is 5.18. The highest BCUT2D eigenvalue weighted by molar-refractivity contribution is 5.72. The van der Waals surface area contributed by atoms with E-state index in [-0.39, 0.29) is 0 Å². The van der Waals surface area contributed by atoms with Gasteiger partial charge in [-0.3, -0.25) is 0 Å². The zero-order chi connectivity index (χ0) is 19.2. The fraction of sp³-hybridized carbons (Fsp3) is 0.111. The van der Waals surface area contributed by atoms with Crippen LogP contribution in [0.25, 0.3) is 28.0 Å². The number of benzene rings is 2. The van der Waals surface area contributed by atoms with Crippen LogP contribution < -0.4 is 0 Å². The average Bonchev–Trinajstić information content (AvgIpc) is 3.30. The second-order valence-electron chi connectivity index (χ2n) is 7.13. The Morgan fingerprint density at radius 3 is 2.25 bits per heavy atom. The minimum absolute atomic E-state index is 0.974. The number of nitrogens with one attached hydrogen (secondary N) is 1. The Morgan fingerprint density at radius 2 is 1.61 bits per heavy atom. The molecule has 1 N–H and O–H groups in total. The maximum Gasteiger partial charge on any atom is 0.0453 e. The van der Waals surface area contributed by atoms with Crippen LogP contribution in [0.15, 0.2) is 109 Å². The van der Waals surface area contributed by atoms with Crippen LogP contribution >= 0.6 is 0 Å². The average molecular weight is 364 g/mol. The fourth-order valence-electron chi connectivity index (χ4n) is 3.46. The number of rotatable bonds is 5. The zero-order valence-electron chi connectivity index (χ0n) is 16.2. The van der Waals surface area contributed by atoms with Gasteiger partial charge in [0.25, 0.3) is 0 Å². The first kappa shape index (κ1) is 18.1. The van der Waals surface area contributed by atoms with Crippen molar-refractivity contribution in [1.82, 2.24) is 4.98 Å². The molecular formula is C27H25N. The van der Waals surface area contributed by atoms with Crippen LogP contribution in [0.3, 0.4) is 0 Å². The number of allylic oxidation sites excluding steroid dienone is 8. The number of H-pyrrole nitrogens is 1. The lowest BCUT2D eigenvalue weighted by Crippen LogP contribution is -1.84. The van der Waals surface area contributed by atoms with Crippen LogP contribution in [0.5, 0.6) is 0 Å². The normalized spacial score (nSPS) is 15.3. The molecule has 0 aliphatic heterocycles. The Morgan fingerprint density at radius 1 is 0.893 bits per heavy atom. The molecule has 2 aromatic carbocycles. The van der Waals surface area contributed by atoms with Gasteiger partial charge in [-0.25, -0.2) is 0 Å². The van der Waals surface area contributed by atoms with Crippen molar-refractivity contribution in [3.8, 4) is 22.4 Å². The molecule has 0 saturated heterocycles. The number of aromatic amines is 1. The second kappa shape index (κ2) is 8.58. The molecule has 1 aliphatic rings. The molecule has 0 amide bonds. The predicted molar refractivity (Wildman–Crippen MR) is 121 cm³/mol. The summed E-state index contributed by atoms with van der Waals surface area (Å²) in [5.41, 5.74) is 8.84. The van der Waals surface area contributed by atoms with Crippen LogP contribution in [0, 0.1) is 0 Å².